The van der Waals surface area contributed by atoms with Crippen LogP contribution in [0.3, 0.4) is 0 Å². The smallest absolute Gasteiger partial charge is 0.410 e. The first-order valence-corrected chi connectivity index (χ1v) is 30.9. The Morgan fingerprint density at radius 1 is 0.714 bits per heavy atom. The molecule has 2 unspecified atom stereocenters. The number of rotatable bonds is 14. The standard InChI is InChI=1S/C50H75N5O6Si2/c1-49(2,3)60-47(56)54-19-13-15-44(54)43-18-17-35(31-52(43)33-58-21-23-62(7,8)9)36-25-37-27-39-29-41(30-40(39)28-38(37)26-36)42-32-53(34-59-22-24-63(10,11)12)46(51-42)45-16-14-20-55(45)48(57)61-50(4,5)6/h18,25,27-28,30-32,44-45H,13-17,19-24,26,29,33-34H2,1-12H3. The Morgan fingerprint density at radius 3 is 1.81 bits per heavy atom. The zero-order valence-electron chi connectivity index (χ0n) is 40.5. The number of imidazole rings is 1. The van der Waals surface area contributed by atoms with E-state index in [0.717, 1.165) is 80.9 Å². The van der Waals surface area contributed by atoms with Crippen LogP contribution < -0.4 is 0 Å². The molecule has 0 N–H and O–H groups in total. The summed E-state index contributed by atoms with van der Waals surface area (Å²) < 4.78 is 26.5. The van der Waals surface area contributed by atoms with E-state index in [-0.39, 0.29) is 24.3 Å². The lowest BCUT2D eigenvalue weighted by atomic mass is 9.96. The Balaban J connectivity index is 1.08. The van der Waals surface area contributed by atoms with Gasteiger partial charge in [0.05, 0.1) is 17.8 Å². The molecule has 13 heteroatoms. The number of carbonyl (C=O) groups is 2. The first-order valence-electron chi connectivity index (χ1n) is 23.5. The van der Waals surface area contributed by atoms with Crippen LogP contribution in [0.4, 0.5) is 9.59 Å². The molecule has 2 aromatic rings. The lowest BCUT2D eigenvalue weighted by molar-refractivity contribution is 0.0195. The monoisotopic (exact) mass is 898 g/mol. The van der Waals surface area contributed by atoms with Gasteiger partial charge in [-0.15, -0.1) is 0 Å². The minimum Gasteiger partial charge on any atom is -0.444 e. The minimum absolute atomic E-state index is 0.0380. The molecule has 0 radical (unpaired) electrons. The largest absolute Gasteiger partial charge is 0.444 e. The van der Waals surface area contributed by atoms with Crippen molar-refractivity contribution in [2.45, 2.75) is 168 Å². The summed E-state index contributed by atoms with van der Waals surface area (Å²) in [5, 5.41) is 0. The molecule has 1 aromatic heterocycles. The Kier molecular flexibility index (Phi) is 13.8. The number of hydrogen-bond acceptors (Lipinski definition) is 8. The van der Waals surface area contributed by atoms with E-state index in [1.807, 2.05) is 51.3 Å². The average molecular weight is 898 g/mol. The normalized spacial score (nSPS) is 20.4. The predicted molar refractivity (Wildman–Crippen MR) is 259 cm³/mol. The van der Waals surface area contributed by atoms with Crippen molar-refractivity contribution in [2.24, 2.45) is 0 Å². The highest BCUT2D eigenvalue weighted by molar-refractivity contribution is 6.76. The molecule has 0 saturated carbocycles. The summed E-state index contributed by atoms with van der Waals surface area (Å²) in [5.41, 5.74) is 9.94. The van der Waals surface area contributed by atoms with Crippen LogP contribution >= 0.6 is 0 Å². The molecule has 0 spiro atoms. The molecule has 2 amide bonds. The first kappa shape index (κ1) is 47.1. The predicted octanol–water partition coefficient (Wildman–Crippen LogP) is 11.5. The maximum atomic E-state index is 13.4. The molecule has 1 aromatic carbocycles. The molecule has 0 bridgehead atoms. The van der Waals surface area contributed by atoms with Crippen molar-refractivity contribution in [1.29, 1.82) is 0 Å². The number of hydrogen-bond donors (Lipinski definition) is 0. The van der Waals surface area contributed by atoms with Crippen molar-refractivity contribution >= 4 is 46.1 Å². The van der Waals surface area contributed by atoms with Gasteiger partial charge in [-0.3, -0.25) is 9.80 Å². The van der Waals surface area contributed by atoms with E-state index in [4.69, 9.17) is 23.9 Å². The van der Waals surface area contributed by atoms with Crippen molar-refractivity contribution in [2.75, 3.05) is 33.0 Å². The van der Waals surface area contributed by atoms with E-state index < -0.39 is 27.3 Å². The summed E-state index contributed by atoms with van der Waals surface area (Å²) >= 11 is 0. The number of benzene rings is 1. The maximum absolute atomic E-state index is 13.4. The summed E-state index contributed by atoms with van der Waals surface area (Å²) in [4.78, 5) is 38.1. The number of carbonyl (C=O) groups excluding carboxylic acids is 2. The van der Waals surface area contributed by atoms with Crippen molar-refractivity contribution < 1.29 is 28.5 Å². The number of likely N-dealkylation sites (tertiary alicyclic amines) is 2. The maximum Gasteiger partial charge on any atom is 0.410 e. The van der Waals surface area contributed by atoms with Crippen LogP contribution in [0.2, 0.25) is 51.4 Å². The van der Waals surface area contributed by atoms with Crippen LogP contribution in [-0.2, 0) is 38.5 Å². The highest BCUT2D eigenvalue weighted by Gasteiger charge is 2.39. The van der Waals surface area contributed by atoms with Crippen LogP contribution in [-0.4, -0.2) is 103 Å². The van der Waals surface area contributed by atoms with E-state index in [1.54, 1.807) is 0 Å². The van der Waals surface area contributed by atoms with Gasteiger partial charge < -0.3 is 28.4 Å². The molecule has 7 rings (SSSR count). The van der Waals surface area contributed by atoms with Gasteiger partial charge in [0.2, 0.25) is 0 Å². The van der Waals surface area contributed by atoms with Crippen molar-refractivity contribution in [1.82, 2.24) is 24.3 Å². The molecule has 2 saturated heterocycles. The molecule has 3 aliphatic heterocycles. The van der Waals surface area contributed by atoms with Gasteiger partial charge in [-0.05, 0) is 137 Å². The number of amides is 2. The Morgan fingerprint density at radius 2 is 1.24 bits per heavy atom. The van der Waals surface area contributed by atoms with Crippen LogP contribution in [0.15, 0.2) is 47.4 Å². The highest BCUT2D eigenvalue weighted by atomic mass is 28.3. The summed E-state index contributed by atoms with van der Waals surface area (Å²) in [5.74, 6) is 0.868. The van der Waals surface area contributed by atoms with Crippen molar-refractivity contribution in [3.8, 4) is 0 Å². The second kappa shape index (κ2) is 18.5. The molecule has 11 nitrogen and oxygen atoms in total. The Bertz CT molecular complexity index is 2160. The van der Waals surface area contributed by atoms with E-state index in [2.05, 4.69) is 91.5 Å². The fraction of sp³-hybridized carbons (Fsp3) is 0.620. The molecular weight excluding hydrogens is 823 g/mol. The zero-order valence-corrected chi connectivity index (χ0v) is 42.5. The topological polar surface area (TPSA) is 98.6 Å². The van der Waals surface area contributed by atoms with Gasteiger partial charge in [0.1, 0.15) is 30.5 Å². The molecule has 4 heterocycles. The third-order valence-electron chi connectivity index (χ3n) is 12.4. The molecule has 63 heavy (non-hydrogen) atoms. The quantitative estimate of drug-likeness (QED) is 0.137. The number of fused-ring (bicyclic) bond motifs is 2. The van der Waals surface area contributed by atoms with Crippen LogP contribution in [0.1, 0.15) is 113 Å². The van der Waals surface area contributed by atoms with Crippen LogP contribution in [0.5, 0.6) is 0 Å². The number of aromatic nitrogens is 2. The average Bonchev–Trinajstić information content (AvgIpc) is 4.01. The number of allylic oxidation sites excluding steroid dienone is 4. The van der Waals surface area contributed by atoms with Gasteiger partial charge in [-0.2, -0.15) is 0 Å². The first-order chi connectivity index (χ1) is 29.5. The Hall–Kier alpha value is -3.92. The number of ether oxygens (including phenoxy) is 4. The highest BCUT2D eigenvalue weighted by Crippen LogP contribution is 2.41. The molecule has 2 aliphatic carbocycles. The van der Waals surface area contributed by atoms with E-state index in [0.29, 0.717) is 33.2 Å². The second-order valence-electron chi connectivity index (χ2n) is 22.7. The molecule has 5 aliphatic rings. The molecular formula is C50H75N5O6Si2. The summed E-state index contributed by atoms with van der Waals surface area (Å²) in [6, 6.07) is 6.74. The third-order valence-corrected chi connectivity index (χ3v) is 15.8. The lowest BCUT2D eigenvalue weighted by Gasteiger charge is -2.36. The van der Waals surface area contributed by atoms with Gasteiger partial charge in [0.15, 0.2) is 0 Å². The fourth-order valence-corrected chi connectivity index (χ4v) is 10.6. The molecule has 344 valence electrons. The zero-order chi connectivity index (χ0) is 45.5. The summed E-state index contributed by atoms with van der Waals surface area (Å²) in [6.07, 6.45) is 17.0. The van der Waals surface area contributed by atoms with Crippen LogP contribution in [0, 0.1) is 0 Å². The van der Waals surface area contributed by atoms with Gasteiger partial charge in [0.25, 0.3) is 0 Å². The summed E-state index contributed by atoms with van der Waals surface area (Å²) in [7, 11) is -2.50. The lowest BCUT2D eigenvalue weighted by Crippen LogP contribution is -2.44. The fourth-order valence-electron chi connectivity index (χ4n) is 9.09. The molecule has 2 fully saturated rings. The van der Waals surface area contributed by atoms with Crippen molar-refractivity contribution in [3.05, 3.63) is 81.2 Å². The summed E-state index contributed by atoms with van der Waals surface area (Å²) in [6.45, 7) is 29.4. The Labute approximate surface area is 379 Å². The minimum atomic E-state index is -1.25. The van der Waals surface area contributed by atoms with Crippen LogP contribution in [0.25, 0.3) is 17.7 Å². The van der Waals surface area contributed by atoms with Gasteiger partial charge in [0, 0.05) is 67.0 Å². The van der Waals surface area contributed by atoms with E-state index in [1.165, 1.54) is 39.0 Å². The van der Waals surface area contributed by atoms with Gasteiger partial charge in [-0.25, -0.2) is 14.6 Å². The molecule has 2 atom stereocenters. The van der Waals surface area contributed by atoms with Crippen molar-refractivity contribution in [3.63, 3.8) is 0 Å². The van der Waals surface area contributed by atoms with E-state index in [9.17, 15) is 9.59 Å². The third kappa shape index (κ3) is 12.1. The number of nitrogens with zero attached hydrogens (tertiary/aromatic N) is 5. The van der Waals surface area contributed by atoms with Gasteiger partial charge in [-0.1, -0.05) is 63.6 Å². The SMILES string of the molecule is CC(C)(C)OC(=O)N1CCCC1C1=CCC(C2=Cc3cc4c(cc3C2)C=C(c2cn(COCC[Si](C)(C)C)c(C3CCCN3C(=O)OC(C)(C)C)n2)C4)=CN1COCC[Si](C)(C)C. The van der Waals surface area contributed by atoms with Gasteiger partial charge >= 0.3 is 12.2 Å². The second-order valence-corrected chi connectivity index (χ2v) is 34.0. The van der Waals surface area contributed by atoms with E-state index >= 15 is 0 Å².